The van der Waals surface area contributed by atoms with Gasteiger partial charge >= 0.3 is 0 Å². The highest BCUT2D eigenvalue weighted by molar-refractivity contribution is 5.82. The topological polar surface area (TPSA) is 49.4 Å². The molecule has 2 unspecified atom stereocenters. The smallest absolute Gasteiger partial charge is 0.224 e. The summed E-state index contributed by atoms with van der Waals surface area (Å²) >= 11 is 0. The molecular weight excluding hydrogens is 252 g/mol. The second-order valence-corrected chi connectivity index (χ2v) is 6.83. The number of piperidine rings is 2. The van der Waals surface area contributed by atoms with Crippen molar-refractivity contribution in [1.82, 2.24) is 10.2 Å². The number of fused-ring (bicyclic) bond motifs is 2. The molecule has 3 fully saturated rings. The van der Waals surface area contributed by atoms with Gasteiger partial charge < -0.3 is 10.2 Å². The maximum Gasteiger partial charge on any atom is 0.224 e. The molecule has 2 saturated heterocycles. The molecular formula is C16H26N2O2. The minimum absolute atomic E-state index is 0.0783. The fourth-order valence-corrected chi connectivity index (χ4v) is 3.24. The summed E-state index contributed by atoms with van der Waals surface area (Å²) < 4.78 is 0. The molecule has 2 amide bonds. The molecule has 0 spiro atoms. The van der Waals surface area contributed by atoms with Crippen LogP contribution in [0.1, 0.15) is 40.5 Å². The summed E-state index contributed by atoms with van der Waals surface area (Å²) in [6.45, 7) is 13.2. The van der Waals surface area contributed by atoms with Gasteiger partial charge in [0.15, 0.2) is 0 Å². The third kappa shape index (κ3) is 2.60. The Hall–Kier alpha value is -1.32. The molecule has 0 aromatic heterocycles. The van der Waals surface area contributed by atoms with Crippen LogP contribution in [0.3, 0.4) is 0 Å². The van der Waals surface area contributed by atoms with Crippen molar-refractivity contribution in [2.24, 2.45) is 17.8 Å². The van der Waals surface area contributed by atoms with E-state index in [1.54, 1.807) is 0 Å². The average molecular weight is 278 g/mol. The molecule has 0 aromatic carbocycles. The number of nitrogens with zero attached hydrogens (tertiary/aromatic N) is 1. The first-order chi connectivity index (χ1) is 9.26. The lowest BCUT2D eigenvalue weighted by Gasteiger charge is -2.53. The Morgan fingerprint density at radius 1 is 1.30 bits per heavy atom. The van der Waals surface area contributed by atoms with Gasteiger partial charge in [0.05, 0.1) is 5.54 Å². The van der Waals surface area contributed by atoms with E-state index in [4.69, 9.17) is 0 Å². The summed E-state index contributed by atoms with van der Waals surface area (Å²) in [5.74, 6) is 1.09. The third-order valence-corrected chi connectivity index (χ3v) is 4.99. The van der Waals surface area contributed by atoms with Crippen LogP contribution in [0.2, 0.25) is 0 Å². The lowest BCUT2D eigenvalue weighted by Crippen LogP contribution is -2.62. The number of amides is 2. The molecule has 112 valence electrons. The van der Waals surface area contributed by atoms with E-state index in [2.05, 4.69) is 11.9 Å². The van der Waals surface area contributed by atoms with Crippen molar-refractivity contribution in [2.45, 2.75) is 46.1 Å². The maximum absolute atomic E-state index is 12.4. The zero-order valence-corrected chi connectivity index (χ0v) is 13.0. The summed E-state index contributed by atoms with van der Waals surface area (Å²) in [5, 5.41) is 3.10. The van der Waals surface area contributed by atoms with E-state index >= 15 is 0 Å². The highest BCUT2D eigenvalue weighted by Crippen LogP contribution is 2.46. The predicted molar refractivity (Wildman–Crippen MR) is 79.0 cm³/mol. The fraction of sp³-hybridized carbons (Fsp3) is 0.750. The van der Waals surface area contributed by atoms with Gasteiger partial charge in [-0.2, -0.15) is 0 Å². The van der Waals surface area contributed by atoms with E-state index < -0.39 is 0 Å². The molecule has 20 heavy (non-hydrogen) atoms. The van der Waals surface area contributed by atoms with Gasteiger partial charge in [0.1, 0.15) is 0 Å². The number of hydrogen-bond acceptors (Lipinski definition) is 2. The van der Waals surface area contributed by atoms with Gasteiger partial charge in [-0.05, 0) is 39.0 Å². The maximum atomic E-state index is 12.4. The molecule has 0 aromatic rings. The van der Waals surface area contributed by atoms with Crippen LogP contribution in [0.5, 0.6) is 0 Å². The summed E-state index contributed by atoms with van der Waals surface area (Å²) in [6, 6.07) is 0. The van der Waals surface area contributed by atoms with Crippen LogP contribution in [-0.4, -0.2) is 35.3 Å². The second kappa shape index (κ2) is 5.23. The average Bonchev–Trinajstić information content (AvgIpc) is 2.36. The van der Waals surface area contributed by atoms with Crippen LogP contribution >= 0.6 is 0 Å². The Labute approximate surface area is 121 Å². The number of carbonyl (C=O) groups excluding carboxylic acids is 2. The van der Waals surface area contributed by atoms with Crippen LogP contribution in [0, 0.1) is 17.8 Å². The predicted octanol–water partition coefficient (Wildman–Crippen LogP) is 1.96. The molecule has 2 aliphatic heterocycles. The molecule has 3 rings (SSSR count). The molecule has 1 aliphatic carbocycles. The first-order valence-electron chi connectivity index (χ1n) is 7.52. The summed E-state index contributed by atoms with van der Waals surface area (Å²) in [6.07, 6.45) is 1.64. The lowest BCUT2D eigenvalue weighted by molar-refractivity contribution is -0.152. The Kier molecular flexibility index (Phi) is 3.94. The molecule has 2 heterocycles. The van der Waals surface area contributed by atoms with Crippen LogP contribution < -0.4 is 5.32 Å². The van der Waals surface area contributed by atoms with E-state index in [1.807, 2.05) is 32.6 Å². The quantitative estimate of drug-likeness (QED) is 0.799. The van der Waals surface area contributed by atoms with E-state index in [9.17, 15) is 9.59 Å². The normalized spacial score (nSPS) is 28.6. The Morgan fingerprint density at radius 3 is 2.30 bits per heavy atom. The van der Waals surface area contributed by atoms with Gasteiger partial charge in [-0.1, -0.05) is 19.1 Å². The van der Waals surface area contributed by atoms with Gasteiger partial charge in [-0.15, -0.1) is 0 Å². The van der Waals surface area contributed by atoms with Crippen molar-refractivity contribution in [2.75, 3.05) is 13.1 Å². The van der Waals surface area contributed by atoms with Gasteiger partial charge in [0, 0.05) is 25.4 Å². The highest BCUT2D eigenvalue weighted by atomic mass is 16.2. The van der Waals surface area contributed by atoms with Gasteiger partial charge in [0.25, 0.3) is 0 Å². The Morgan fingerprint density at radius 2 is 1.85 bits per heavy atom. The zero-order valence-electron chi connectivity index (χ0n) is 13.0. The minimum Gasteiger partial charge on any atom is -0.347 e. The van der Waals surface area contributed by atoms with Gasteiger partial charge in [-0.25, -0.2) is 0 Å². The van der Waals surface area contributed by atoms with Crippen molar-refractivity contribution < 1.29 is 9.59 Å². The number of rotatable bonds is 4. The van der Waals surface area contributed by atoms with Gasteiger partial charge in [-0.3, -0.25) is 9.59 Å². The van der Waals surface area contributed by atoms with Crippen molar-refractivity contribution >= 4 is 11.8 Å². The van der Waals surface area contributed by atoms with E-state index in [1.165, 1.54) is 0 Å². The van der Waals surface area contributed by atoms with Crippen molar-refractivity contribution in [3.8, 4) is 0 Å². The molecule has 4 heteroatoms. The van der Waals surface area contributed by atoms with E-state index in [0.717, 1.165) is 25.1 Å². The molecule has 4 nitrogen and oxygen atoms in total. The van der Waals surface area contributed by atoms with E-state index in [-0.39, 0.29) is 23.3 Å². The standard InChI is InChI=1S/C16H26N2O2/c1-6-13(19)18-8-11-7-12(9-18)14(11)15(20)17-16(4,5)10(2)3/h11-12,14H,2,6-9H2,1,3-5H3,(H,17,20)/t11-,12?,14?/m0/s1. The number of nitrogens with one attached hydrogen (secondary N) is 1. The molecule has 0 radical (unpaired) electrons. The minimum atomic E-state index is -0.361. The van der Waals surface area contributed by atoms with Crippen molar-refractivity contribution in [3.63, 3.8) is 0 Å². The van der Waals surface area contributed by atoms with E-state index in [0.29, 0.717) is 18.3 Å². The Bertz CT molecular complexity index is 430. The zero-order chi connectivity index (χ0) is 15.1. The molecule has 3 atom stereocenters. The van der Waals surface area contributed by atoms with Crippen molar-refractivity contribution in [1.29, 1.82) is 0 Å². The van der Waals surface area contributed by atoms with Gasteiger partial charge in [0.2, 0.25) is 11.8 Å². The Balaban J connectivity index is 1.96. The monoisotopic (exact) mass is 278 g/mol. The lowest BCUT2D eigenvalue weighted by atomic mass is 9.61. The summed E-state index contributed by atoms with van der Waals surface area (Å²) in [4.78, 5) is 26.1. The second-order valence-electron chi connectivity index (χ2n) is 6.83. The fourth-order valence-electron chi connectivity index (χ4n) is 3.24. The SMILES string of the molecule is C=C(C)C(C)(C)NC(=O)C1C2C[C@H]1CN(C(=O)CC)C2. The van der Waals surface area contributed by atoms with Crippen LogP contribution in [0.15, 0.2) is 12.2 Å². The molecule has 2 bridgehead atoms. The first-order valence-corrected chi connectivity index (χ1v) is 7.52. The molecule has 1 saturated carbocycles. The number of carbonyl (C=O) groups is 2. The van der Waals surface area contributed by atoms with Crippen LogP contribution in [0.4, 0.5) is 0 Å². The summed E-state index contributed by atoms with van der Waals surface area (Å²) in [5.41, 5.74) is 0.595. The summed E-state index contributed by atoms with van der Waals surface area (Å²) in [7, 11) is 0. The third-order valence-electron chi connectivity index (χ3n) is 4.99. The largest absolute Gasteiger partial charge is 0.347 e. The van der Waals surface area contributed by atoms with Crippen molar-refractivity contribution in [3.05, 3.63) is 12.2 Å². The molecule has 3 aliphatic rings. The van der Waals surface area contributed by atoms with Crippen LogP contribution in [0.25, 0.3) is 0 Å². The highest BCUT2D eigenvalue weighted by Gasteiger charge is 2.51. The number of hydrogen-bond donors (Lipinski definition) is 1. The first kappa shape index (κ1) is 15.1. The van der Waals surface area contributed by atoms with Crippen LogP contribution in [-0.2, 0) is 9.59 Å². The molecule has 1 N–H and O–H groups in total.